The van der Waals surface area contributed by atoms with Gasteiger partial charge in [0.2, 0.25) is 5.91 Å². The summed E-state index contributed by atoms with van der Waals surface area (Å²) in [4.78, 5) is 28.0. The quantitative estimate of drug-likeness (QED) is 0.508. The molecular formula is C27H34N4O4. The Bertz CT molecular complexity index is 1180. The van der Waals surface area contributed by atoms with Crippen LogP contribution in [0, 0.1) is 0 Å². The molecule has 3 aromatic rings. The first kappa shape index (κ1) is 25.8. The fourth-order valence-electron chi connectivity index (χ4n) is 3.56. The number of methoxy groups -OCH3 is 2. The van der Waals surface area contributed by atoms with E-state index < -0.39 is 0 Å². The smallest absolute Gasteiger partial charge is 0.258 e. The molecule has 0 bridgehead atoms. The number of aromatic nitrogens is 2. The number of carbonyl (C=O) groups excluding carboxylic acids is 2. The first-order valence-electron chi connectivity index (χ1n) is 11.5. The molecule has 0 spiro atoms. The molecule has 8 nitrogen and oxygen atoms in total. The van der Waals surface area contributed by atoms with Crippen molar-refractivity contribution in [2.45, 2.75) is 46.1 Å². The molecule has 1 N–H and O–H groups in total. The highest BCUT2D eigenvalue weighted by Crippen LogP contribution is 2.27. The molecule has 0 unspecified atom stereocenters. The van der Waals surface area contributed by atoms with Crippen LogP contribution in [0.1, 0.15) is 50.7 Å². The Morgan fingerprint density at radius 2 is 1.69 bits per heavy atom. The number of hydrogen-bond donors (Lipinski definition) is 1. The monoisotopic (exact) mass is 478 g/mol. The van der Waals surface area contributed by atoms with E-state index in [2.05, 4.69) is 26.1 Å². The predicted octanol–water partition coefficient (Wildman–Crippen LogP) is 4.68. The number of rotatable bonds is 8. The predicted molar refractivity (Wildman–Crippen MR) is 137 cm³/mol. The van der Waals surface area contributed by atoms with Gasteiger partial charge in [-0.3, -0.25) is 9.59 Å². The third-order valence-electron chi connectivity index (χ3n) is 5.60. The summed E-state index contributed by atoms with van der Waals surface area (Å²) in [5, 5.41) is 7.70. The largest absolute Gasteiger partial charge is 0.497 e. The van der Waals surface area contributed by atoms with Gasteiger partial charge in [-0.2, -0.15) is 5.10 Å². The summed E-state index contributed by atoms with van der Waals surface area (Å²) >= 11 is 0. The molecule has 35 heavy (non-hydrogen) atoms. The Kier molecular flexibility index (Phi) is 7.84. The zero-order valence-corrected chi connectivity index (χ0v) is 21.5. The third kappa shape index (κ3) is 6.01. The molecule has 3 rings (SSSR count). The lowest BCUT2D eigenvalue weighted by molar-refractivity contribution is -0.117. The third-order valence-corrected chi connectivity index (χ3v) is 5.60. The van der Waals surface area contributed by atoms with Crippen molar-refractivity contribution in [1.82, 2.24) is 14.7 Å². The van der Waals surface area contributed by atoms with Crippen LogP contribution in [0.4, 0.5) is 5.82 Å². The number of benzene rings is 2. The maximum absolute atomic E-state index is 13.3. The van der Waals surface area contributed by atoms with Gasteiger partial charge in [-0.15, -0.1) is 0 Å². The minimum atomic E-state index is -0.322. The number of carbonyl (C=O) groups is 2. The van der Waals surface area contributed by atoms with Crippen LogP contribution in [0.3, 0.4) is 0 Å². The lowest BCUT2D eigenvalue weighted by Gasteiger charge is -2.27. The summed E-state index contributed by atoms with van der Waals surface area (Å²) in [6.07, 6.45) is 0. The van der Waals surface area contributed by atoms with Crippen molar-refractivity contribution in [2.75, 3.05) is 26.1 Å². The number of para-hydroxylation sites is 1. The van der Waals surface area contributed by atoms with E-state index in [4.69, 9.17) is 14.6 Å². The zero-order chi connectivity index (χ0) is 25.8. The van der Waals surface area contributed by atoms with Crippen molar-refractivity contribution in [2.24, 2.45) is 0 Å². The molecule has 0 aliphatic heterocycles. The molecule has 0 fully saturated rings. The summed E-state index contributed by atoms with van der Waals surface area (Å²) in [6.45, 7) is 9.82. The van der Waals surface area contributed by atoms with Crippen molar-refractivity contribution in [3.05, 3.63) is 65.9 Å². The van der Waals surface area contributed by atoms with Gasteiger partial charge in [-0.25, -0.2) is 4.68 Å². The number of nitrogens with zero attached hydrogens (tertiary/aromatic N) is 3. The van der Waals surface area contributed by atoms with Crippen LogP contribution in [-0.2, 0) is 10.2 Å². The average Bonchev–Trinajstić information content (AvgIpc) is 3.26. The maximum Gasteiger partial charge on any atom is 0.258 e. The number of nitrogens with one attached hydrogen (secondary N) is 1. The lowest BCUT2D eigenvalue weighted by Crippen LogP contribution is -2.42. The van der Waals surface area contributed by atoms with Gasteiger partial charge in [0, 0.05) is 17.5 Å². The minimum absolute atomic E-state index is 0.118. The Balaban J connectivity index is 1.88. The van der Waals surface area contributed by atoms with E-state index in [1.54, 1.807) is 36.1 Å². The van der Waals surface area contributed by atoms with Gasteiger partial charge >= 0.3 is 0 Å². The topological polar surface area (TPSA) is 85.7 Å². The highest BCUT2D eigenvalue weighted by molar-refractivity contribution is 6.01. The molecule has 0 saturated carbocycles. The highest BCUT2D eigenvalue weighted by atomic mass is 16.5. The molecule has 1 aromatic heterocycles. The van der Waals surface area contributed by atoms with E-state index in [1.165, 1.54) is 12.0 Å². The van der Waals surface area contributed by atoms with Crippen LogP contribution in [0.25, 0.3) is 5.69 Å². The van der Waals surface area contributed by atoms with Crippen LogP contribution in [0.5, 0.6) is 11.5 Å². The second kappa shape index (κ2) is 10.6. The highest BCUT2D eigenvalue weighted by Gasteiger charge is 2.26. The molecule has 186 valence electrons. The second-order valence-electron chi connectivity index (χ2n) is 9.55. The average molecular weight is 479 g/mol. The van der Waals surface area contributed by atoms with Crippen LogP contribution < -0.4 is 14.8 Å². The maximum atomic E-state index is 13.3. The number of anilines is 1. The normalized spacial score (nSPS) is 11.3. The van der Waals surface area contributed by atoms with Gasteiger partial charge in [0.25, 0.3) is 5.91 Å². The van der Waals surface area contributed by atoms with Crippen molar-refractivity contribution in [3.63, 3.8) is 0 Å². The summed E-state index contributed by atoms with van der Waals surface area (Å²) in [7, 11) is 3.13. The standard InChI is InChI=1S/C27H34N4O4/c1-18(2)30(26(33)21-10-8-9-11-22(21)35-7)17-25(32)28-24-16-23(27(3,4)5)29-31(24)19-12-14-20(34-6)15-13-19/h8-16,18H,17H2,1-7H3,(H,28,32). The van der Waals surface area contributed by atoms with E-state index in [9.17, 15) is 9.59 Å². The van der Waals surface area contributed by atoms with Crippen LogP contribution in [-0.4, -0.2) is 53.3 Å². The Hall–Kier alpha value is -3.81. The number of ether oxygens (including phenoxy) is 2. The fourth-order valence-corrected chi connectivity index (χ4v) is 3.56. The Morgan fingerprint density at radius 1 is 1.03 bits per heavy atom. The number of hydrogen-bond acceptors (Lipinski definition) is 5. The van der Waals surface area contributed by atoms with Crippen molar-refractivity contribution in [1.29, 1.82) is 0 Å². The van der Waals surface area contributed by atoms with Gasteiger partial charge in [-0.05, 0) is 50.2 Å². The van der Waals surface area contributed by atoms with E-state index in [0.717, 1.165) is 17.1 Å². The zero-order valence-electron chi connectivity index (χ0n) is 21.5. The first-order chi connectivity index (χ1) is 16.5. The second-order valence-corrected chi connectivity index (χ2v) is 9.55. The Morgan fingerprint density at radius 3 is 2.26 bits per heavy atom. The van der Waals surface area contributed by atoms with Crippen LogP contribution >= 0.6 is 0 Å². The summed E-state index contributed by atoms with van der Waals surface area (Å²) in [5.41, 5.74) is 1.80. The van der Waals surface area contributed by atoms with Gasteiger partial charge < -0.3 is 19.7 Å². The SMILES string of the molecule is COc1ccc(-n2nc(C(C)(C)C)cc2NC(=O)CN(C(=O)c2ccccc2OC)C(C)C)cc1. The molecule has 2 aromatic carbocycles. The van der Waals surface area contributed by atoms with Gasteiger partial charge in [0.15, 0.2) is 0 Å². The molecule has 1 heterocycles. The summed E-state index contributed by atoms with van der Waals surface area (Å²) in [5.74, 6) is 1.13. The van der Waals surface area contributed by atoms with Gasteiger partial charge in [0.05, 0.1) is 31.2 Å². The molecular weight excluding hydrogens is 444 g/mol. The Labute approximate surface area is 206 Å². The van der Waals surface area contributed by atoms with E-state index >= 15 is 0 Å². The molecule has 0 aliphatic rings. The van der Waals surface area contributed by atoms with E-state index in [1.807, 2.05) is 44.2 Å². The molecule has 0 atom stereocenters. The molecule has 0 saturated heterocycles. The van der Waals surface area contributed by atoms with E-state index in [0.29, 0.717) is 17.1 Å². The first-order valence-corrected chi connectivity index (χ1v) is 11.5. The summed E-state index contributed by atoms with van der Waals surface area (Å²) in [6, 6.07) is 16.1. The van der Waals surface area contributed by atoms with Gasteiger partial charge in [0.1, 0.15) is 23.9 Å². The molecule has 0 radical (unpaired) electrons. The van der Waals surface area contributed by atoms with Crippen LogP contribution in [0.15, 0.2) is 54.6 Å². The molecule has 8 heteroatoms. The van der Waals surface area contributed by atoms with Crippen molar-refractivity contribution >= 4 is 17.6 Å². The molecule has 0 aliphatic carbocycles. The van der Waals surface area contributed by atoms with Crippen LogP contribution in [0.2, 0.25) is 0 Å². The fraction of sp³-hybridized carbons (Fsp3) is 0.370. The van der Waals surface area contributed by atoms with E-state index in [-0.39, 0.29) is 29.8 Å². The molecule has 2 amide bonds. The summed E-state index contributed by atoms with van der Waals surface area (Å²) < 4.78 is 12.3. The lowest BCUT2D eigenvalue weighted by atomic mass is 9.92. The van der Waals surface area contributed by atoms with Crippen molar-refractivity contribution in [3.8, 4) is 17.2 Å². The van der Waals surface area contributed by atoms with Gasteiger partial charge in [-0.1, -0.05) is 32.9 Å². The van der Waals surface area contributed by atoms with Crippen molar-refractivity contribution < 1.29 is 19.1 Å². The minimum Gasteiger partial charge on any atom is -0.497 e. The number of amides is 2.